The summed E-state index contributed by atoms with van der Waals surface area (Å²) in [7, 11) is 0. The molecule has 13 heavy (non-hydrogen) atoms. The number of rotatable bonds is 4. The van der Waals surface area contributed by atoms with Crippen LogP contribution in [0.1, 0.15) is 24.5 Å². The molecule has 0 saturated heterocycles. The molecule has 1 aromatic rings. The number of alkyl halides is 1. The minimum absolute atomic E-state index is 1.10. The zero-order valence-corrected chi connectivity index (χ0v) is 11.6. The van der Waals surface area contributed by atoms with Crippen molar-refractivity contribution in [2.75, 3.05) is 5.33 Å². The fourth-order valence-electron chi connectivity index (χ4n) is 1.46. The van der Waals surface area contributed by atoms with Crippen molar-refractivity contribution < 1.29 is 0 Å². The van der Waals surface area contributed by atoms with E-state index in [0.717, 1.165) is 11.8 Å². The van der Waals surface area contributed by atoms with Gasteiger partial charge in [-0.15, -0.1) is 0 Å². The van der Waals surface area contributed by atoms with Crippen LogP contribution in [-0.4, -0.2) is 5.33 Å². The van der Waals surface area contributed by atoms with Gasteiger partial charge in [0, 0.05) is 8.90 Å². The van der Waals surface area contributed by atoms with Crippen molar-refractivity contribution in [1.82, 2.24) is 0 Å². The highest BCUT2D eigenvalue weighted by atomic mass is 127. The predicted molar refractivity (Wildman–Crippen MR) is 70.7 cm³/mol. The van der Waals surface area contributed by atoms with Crippen LogP contribution in [0.2, 0.25) is 0 Å². The summed E-state index contributed by atoms with van der Waals surface area (Å²) in [5.74, 6) is 0. The van der Waals surface area contributed by atoms with Crippen LogP contribution in [0.5, 0.6) is 0 Å². The van der Waals surface area contributed by atoms with E-state index in [9.17, 15) is 0 Å². The first kappa shape index (κ1) is 11.5. The van der Waals surface area contributed by atoms with Crippen LogP contribution < -0.4 is 0 Å². The molecule has 0 spiro atoms. The van der Waals surface area contributed by atoms with E-state index in [0.29, 0.717) is 0 Å². The molecule has 72 valence electrons. The summed E-state index contributed by atoms with van der Waals surface area (Å²) < 4.78 is 1.41. The highest BCUT2D eigenvalue weighted by molar-refractivity contribution is 14.1. The predicted octanol–water partition coefficient (Wildman–Crippen LogP) is 4.18. The molecule has 0 heterocycles. The van der Waals surface area contributed by atoms with Crippen molar-refractivity contribution in [3.05, 3.63) is 32.9 Å². The second-order valence-corrected chi connectivity index (χ2v) is 4.98. The van der Waals surface area contributed by atoms with Gasteiger partial charge in [-0.3, -0.25) is 0 Å². The van der Waals surface area contributed by atoms with Crippen LogP contribution in [0.15, 0.2) is 18.2 Å². The summed E-state index contributed by atoms with van der Waals surface area (Å²) in [6, 6.07) is 6.59. The lowest BCUT2D eigenvalue weighted by Gasteiger charge is -2.08. The topological polar surface area (TPSA) is 0 Å². The third-order valence-electron chi connectivity index (χ3n) is 2.16. The Balaban J connectivity index is 2.87. The smallest absolute Gasteiger partial charge is 0.0165 e. The molecule has 0 radical (unpaired) electrons. The van der Waals surface area contributed by atoms with Gasteiger partial charge in [0.05, 0.1) is 0 Å². The van der Waals surface area contributed by atoms with Crippen LogP contribution in [0, 0.1) is 3.57 Å². The standard InChI is InChI=1S/C11H14BrI/c1-2-9-5-3-7-11(13)10(9)6-4-8-12/h3,5,7H,2,4,6,8H2,1H3. The fraction of sp³-hybridized carbons (Fsp3) is 0.455. The molecule has 0 nitrogen and oxygen atoms in total. The Morgan fingerprint density at radius 1 is 1.38 bits per heavy atom. The summed E-state index contributed by atoms with van der Waals surface area (Å²) in [4.78, 5) is 0. The molecule has 2 heteroatoms. The van der Waals surface area contributed by atoms with E-state index in [1.807, 2.05) is 0 Å². The summed E-state index contributed by atoms with van der Waals surface area (Å²) in [6.45, 7) is 2.23. The lowest BCUT2D eigenvalue weighted by atomic mass is 10.0. The summed E-state index contributed by atoms with van der Waals surface area (Å²) in [5.41, 5.74) is 3.05. The number of hydrogen-bond acceptors (Lipinski definition) is 0. The Kier molecular flexibility index (Phi) is 5.32. The second kappa shape index (κ2) is 6.02. The third-order valence-corrected chi connectivity index (χ3v) is 3.73. The maximum absolute atomic E-state index is 3.48. The fourth-order valence-corrected chi connectivity index (χ4v) is 2.56. The quantitative estimate of drug-likeness (QED) is 0.563. The Labute approximate surface area is 102 Å². The molecule has 0 aliphatic heterocycles. The van der Waals surface area contributed by atoms with Gasteiger partial charge in [-0.1, -0.05) is 35.0 Å². The Hall–Kier alpha value is 0.430. The molecule has 0 atom stereocenters. The first-order valence-electron chi connectivity index (χ1n) is 4.61. The molecule has 1 aromatic carbocycles. The first-order chi connectivity index (χ1) is 6.29. The van der Waals surface area contributed by atoms with E-state index < -0.39 is 0 Å². The van der Waals surface area contributed by atoms with Gasteiger partial charge in [-0.25, -0.2) is 0 Å². The van der Waals surface area contributed by atoms with Crippen molar-refractivity contribution in [3.63, 3.8) is 0 Å². The van der Waals surface area contributed by atoms with Gasteiger partial charge >= 0.3 is 0 Å². The minimum Gasteiger partial charge on any atom is -0.0928 e. The van der Waals surface area contributed by atoms with Crippen molar-refractivity contribution in [3.8, 4) is 0 Å². The van der Waals surface area contributed by atoms with E-state index in [4.69, 9.17) is 0 Å². The summed E-state index contributed by atoms with van der Waals surface area (Å²) in [6.07, 6.45) is 3.58. The van der Waals surface area contributed by atoms with Gasteiger partial charge in [-0.05, 0) is 59.0 Å². The van der Waals surface area contributed by atoms with Crippen molar-refractivity contribution >= 4 is 38.5 Å². The van der Waals surface area contributed by atoms with E-state index in [-0.39, 0.29) is 0 Å². The SMILES string of the molecule is CCc1cccc(I)c1CCCBr. The van der Waals surface area contributed by atoms with Gasteiger partial charge in [-0.2, -0.15) is 0 Å². The van der Waals surface area contributed by atoms with Gasteiger partial charge in [0.25, 0.3) is 0 Å². The van der Waals surface area contributed by atoms with Crippen LogP contribution in [-0.2, 0) is 12.8 Å². The van der Waals surface area contributed by atoms with Crippen molar-refractivity contribution in [1.29, 1.82) is 0 Å². The van der Waals surface area contributed by atoms with Crippen LogP contribution in [0.3, 0.4) is 0 Å². The molecule has 0 aliphatic carbocycles. The van der Waals surface area contributed by atoms with Gasteiger partial charge in [0.1, 0.15) is 0 Å². The maximum Gasteiger partial charge on any atom is 0.0165 e. The van der Waals surface area contributed by atoms with Crippen molar-refractivity contribution in [2.24, 2.45) is 0 Å². The molecule has 1 rings (SSSR count). The highest BCUT2D eigenvalue weighted by Crippen LogP contribution is 2.19. The molecule has 0 saturated carbocycles. The number of benzene rings is 1. The Morgan fingerprint density at radius 3 is 2.77 bits per heavy atom. The third kappa shape index (κ3) is 3.24. The molecule has 0 fully saturated rings. The van der Waals surface area contributed by atoms with Crippen LogP contribution >= 0.6 is 38.5 Å². The van der Waals surface area contributed by atoms with E-state index in [2.05, 4.69) is 63.6 Å². The molecule has 0 amide bonds. The van der Waals surface area contributed by atoms with Gasteiger partial charge in [0.2, 0.25) is 0 Å². The van der Waals surface area contributed by atoms with Crippen molar-refractivity contribution in [2.45, 2.75) is 26.2 Å². The Bertz CT molecular complexity index is 271. The lowest BCUT2D eigenvalue weighted by molar-refractivity contribution is 0.907. The van der Waals surface area contributed by atoms with E-state index >= 15 is 0 Å². The monoisotopic (exact) mass is 352 g/mol. The van der Waals surface area contributed by atoms with Crippen LogP contribution in [0.25, 0.3) is 0 Å². The minimum atomic E-state index is 1.10. The van der Waals surface area contributed by atoms with E-state index in [1.54, 1.807) is 5.56 Å². The molecule has 0 aliphatic rings. The van der Waals surface area contributed by atoms with Crippen LogP contribution in [0.4, 0.5) is 0 Å². The summed E-state index contributed by atoms with van der Waals surface area (Å²) in [5, 5.41) is 1.10. The van der Waals surface area contributed by atoms with Gasteiger partial charge in [0.15, 0.2) is 0 Å². The Morgan fingerprint density at radius 2 is 2.15 bits per heavy atom. The average Bonchev–Trinajstić information content (AvgIpc) is 2.15. The average molecular weight is 353 g/mol. The molecule has 0 aromatic heterocycles. The number of hydrogen-bond donors (Lipinski definition) is 0. The normalized spacial score (nSPS) is 10.4. The number of halogens is 2. The zero-order valence-electron chi connectivity index (χ0n) is 7.82. The molecule has 0 unspecified atom stereocenters. The van der Waals surface area contributed by atoms with E-state index in [1.165, 1.54) is 22.0 Å². The zero-order chi connectivity index (χ0) is 9.68. The highest BCUT2D eigenvalue weighted by Gasteiger charge is 2.03. The maximum atomic E-state index is 3.48. The molecule has 0 N–H and O–H groups in total. The van der Waals surface area contributed by atoms with Gasteiger partial charge < -0.3 is 0 Å². The summed E-state index contributed by atoms with van der Waals surface area (Å²) >= 11 is 5.91. The lowest BCUT2D eigenvalue weighted by Crippen LogP contribution is -1.96. The second-order valence-electron chi connectivity index (χ2n) is 3.02. The molecule has 0 bridgehead atoms. The first-order valence-corrected chi connectivity index (χ1v) is 6.81. The molecular weight excluding hydrogens is 339 g/mol. The molecular formula is C11H14BrI. The largest absolute Gasteiger partial charge is 0.0928 e. The number of aryl methyl sites for hydroxylation is 1.